The summed E-state index contributed by atoms with van der Waals surface area (Å²) in [5, 5.41) is 9.88. The van der Waals surface area contributed by atoms with Crippen LogP contribution in [0.25, 0.3) is 0 Å². The highest BCUT2D eigenvalue weighted by molar-refractivity contribution is 6.29. The molecule has 0 aromatic rings. The molecule has 1 aliphatic rings. The largest absolute Gasteiger partial charge is 0.480 e. The van der Waals surface area contributed by atoms with Gasteiger partial charge in [0.05, 0.1) is 0 Å². The molecular formula is C11H18ClNO2. The van der Waals surface area contributed by atoms with Gasteiger partial charge in [0.2, 0.25) is 0 Å². The highest BCUT2D eigenvalue weighted by Gasteiger charge is 2.46. The monoisotopic (exact) mass is 231 g/mol. The average molecular weight is 232 g/mol. The van der Waals surface area contributed by atoms with Gasteiger partial charge in [-0.25, -0.2) is 0 Å². The molecule has 0 bridgehead atoms. The fourth-order valence-electron chi connectivity index (χ4n) is 2.42. The SMILES string of the molecule is C=C(Cl)CN1CCCC1(CCC)C(=O)O. The predicted octanol–water partition coefficient (Wildman–Crippen LogP) is 2.46. The average Bonchev–Trinajstić information content (AvgIpc) is 2.49. The van der Waals surface area contributed by atoms with E-state index in [2.05, 4.69) is 6.58 Å². The van der Waals surface area contributed by atoms with E-state index >= 15 is 0 Å². The molecule has 0 aromatic carbocycles. The molecule has 0 radical (unpaired) electrons. The molecule has 1 heterocycles. The number of hydrogen-bond acceptors (Lipinski definition) is 2. The van der Waals surface area contributed by atoms with Crippen molar-refractivity contribution >= 4 is 17.6 Å². The molecule has 0 spiro atoms. The van der Waals surface area contributed by atoms with E-state index in [1.807, 2.05) is 11.8 Å². The lowest BCUT2D eigenvalue weighted by Crippen LogP contribution is -2.50. The number of carboxylic acids is 1. The van der Waals surface area contributed by atoms with Crippen molar-refractivity contribution in [1.29, 1.82) is 0 Å². The standard InChI is InChI=1S/C11H18ClNO2/c1-3-5-11(10(14)15)6-4-7-13(11)8-9(2)12/h2-8H2,1H3,(H,14,15). The van der Waals surface area contributed by atoms with Gasteiger partial charge in [-0.15, -0.1) is 0 Å². The van der Waals surface area contributed by atoms with Crippen molar-refractivity contribution in [2.45, 2.75) is 38.1 Å². The Morgan fingerprint density at radius 3 is 2.80 bits per heavy atom. The summed E-state index contributed by atoms with van der Waals surface area (Å²) in [6.07, 6.45) is 3.21. The van der Waals surface area contributed by atoms with E-state index in [0.717, 1.165) is 25.8 Å². The van der Waals surface area contributed by atoms with Gasteiger partial charge in [0.15, 0.2) is 0 Å². The summed E-state index contributed by atoms with van der Waals surface area (Å²) in [7, 11) is 0. The number of hydrogen-bond donors (Lipinski definition) is 1. The summed E-state index contributed by atoms with van der Waals surface area (Å²) in [4.78, 5) is 13.3. The van der Waals surface area contributed by atoms with E-state index in [9.17, 15) is 9.90 Å². The second-order valence-electron chi connectivity index (χ2n) is 4.13. The van der Waals surface area contributed by atoms with Gasteiger partial charge in [0.1, 0.15) is 5.54 Å². The second-order valence-corrected chi connectivity index (χ2v) is 4.66. The van der Waals surface area contributed by atoms with Crippen LogP contribution in [0.2, 0.25) is 0 Å². The molecule has 3 nitrogen and oxygen atoms in total. The van der Waals surface area contributed by atoms with Crippen LogP contribution in [0.1, 0.15) is 32.6 Å². The van der Waals surface area contributed by atoms with Gasteiger partial charge in [-0.3, -0.25) is 9.69 Å². The van der Waals surface area contributed by atoms with Crippen molar-refractivity contribution in [3.05, 3.63) is 11.6 Å². The summed E-state index contributed by atoms with van der Waals surface area (Å²) in [6, 6.07) is 0. The maximum Gasteiger partial charge on any atom is 0.324 e. The van der Waals surface area contributed by atoms with Crippen LogP contribution in [0, 0.1) is 0 Å². The van der Waals surface area contributed by atoms with Crippen LogP contribution < -0.4 is 0 Å². The minimum Gasteiger partial charge on any atom is -0.480 e. The minimum absolute atomic E-state index is 0.480. The smallest absolute Gasteiger partial charge is 0.324 e. The van der Waals surface area contributed by atoms with Crippen LogP contribution in [-0.4, -0.2) is 34.6 Å². The Bertz CT molecular complexity index is 267. The number of likely N-dealkylation sites (tertiary alicyclic amines) is 1. The summed E-state index contributed by atoms with van der Waals surface area (Å²) in [5.41, 5.74) is -0.702. The molecule has 1 N–H and O–H groups in total. The Morgan fingerprint density at radius 1 is 1.67 bits per heavy atom. The second kappa shape index (κ2) is 4.99. The van der Waals surface area contributed by atoms with Gasteiger partial charge in [0, 0.05) is 11.6 Å². The minimum atomic E-state index is -0.722. The van der Waals surface area contributed by atoms with E-state index in [4.69, 9.17) is 11.6 Å². The van der Waals surface area contributed by atoms with E-state index in [1.165, 1.54) is 0 Å². The Balaban J connectivity index is 2.84. The number of aliphatic carboxylic acids is 1. The van der Waals surface area contributed by atoms with E-state index in [0.29, 0.717) is 18.0 Å². The first kappa shape index (κ1) is 12.5. The number of rotatable bonds is 5. The van der Waals surface area contributed by atoms with Crippen LogP contribution in [0.3, 0.4) is 0 Å². The molecule has 0 amide bonds. The quantitative estimate of drug-likeness (QED) is 0.790. The molecule has 1 atom stereocenters. The van der Waals surface area contributed by atoms with Crippen LogP contribution in [0.15, 0.2) is 11.6 Å². The zero-order valence-electron chi connectivity index (χ0n) is 9.13. The molecule has 1 aliphatic heterocycles. The van der Waals surface area contributed by atoms with E-state index < -0.39 is 11.5 Å². The number of carboxylic acid groups (broad SMARTS) is 1. The predicted molar refractivity (Wildman–Crippen MR) is 61.1 cm³/mol. The molecule has 0 saturated carbocycles. The summed E-state index contributed by atoms with van der Waals surface area (Å²) >= 11 is 5.76. The molecule has 86 valence electrons. The molecule has 1 fully saturated rings. The Morgan fingerprint density at radius 2 is 2.33 bits per heavy atom. The first-order chi connectivity index (χ1) is 7.03. The highest BCUT2D eigenvalue weighted by Crippen LogP contribution is 2.34. The Labute approximate surface area is 95.7 Å². The van der Waals surface area contributed by atoms with Crippen molar-refractivity contribution in [1.82, 2.24) is 4.90 Å². The van der Waals surface area contributed by atoms with Crippen LogP contribution in [0.4, 0.5) is 0 Å². The van der Waals surface area contributed by atoms with Gasteiger partial charge in [-0.1, -0.05) is 31.5 Å². The zero-order chi connectivity index (χ0) is 11.5. The summed E-state index contributed by atoms with van der Waals surface area (Å²) in [5.74, 6) is -0.722. The third-order valence-electron chi connectivity index (χ3n) is 3.05. The molecule has 1 saturated heterocycles. The van der Waals surface area contributed by atoms with Gasteiger partial charge >= 0.3 is 5.97 Å². The van der Waals surface area contributed by atoms with Crippen molar-refractivity contribution in [2.24, 2.45) is 0 Å². The maximum atomic E-state index is 11.4. The Kier molecular flexibility index (Phi) is 4.17. The molecule has 0 aliphatic carbocycles. The van der Waals surface area contributed by atoms with Crippen LogP contribution in [-0.2, 0) is 4.79 Å². The Hall–Kier alpha value is -0.540. The molecule has 4 heteroatoms. The fourth-order valence-corrected chi connectivity index (χ4v) is 2.56. The lowest BCUT2D eigenvalue weighted by molar-refractivity contribution is -0.150. The van der Waals surface area contributed by atoms with E-state index in [-0.39, 0.29) is 0 Å². The lowest BCUT2D eigenvalue weighted by Gasteiger charge is -2.34. The van der Waals surface area contributed by atoms with Gasteiger partial charge in [0.25, 0.3) is 0 Å². The molecule has 0 aromatic heterocycles. The first-order valence-electron chi connectivity index (χ1n) is 5.34. The van der Waals surface area contributed by atoms with Gasteiger partial charge < -0.3 is 5.11 Å². The summed E-state index contributed by atoms with van der Waals surface area (Å²) < 4.78 is 0. The van der Waals surface area contributed by atoms with Crippen molar-refractivity contribution < 1.29 is 9.90 Å². The highest BCUT2D eigenvalue weighted by atomic mass is 35.5. The molecular weight excluding hydrogens is 214 g/mol. The van der Waals surface area contributed by atoms with Crippen molar-refractivity contribution in [2.75, 3.05) is 13.1 Å². The van der Waals surface area contributed by atoms with Crippen molar-refractivity contribution in [3.8, 4) is 0 Å². The zero-order valence-corrected chi connectivity index (χ0v) is 9.89. The summed E-state index contributed by atoms with van der Waals surface area (Å²) in [6.45, 7) is 6.93. The van der Waals surface area contributed by atoms with Gasteiger partial charge in [-0.2, -0.15) is 0 Å². The number of halogens is 1. The van der Waals surface area contributed by atoms with Crippen LogP contribution in [0.5, 0.6) is 0 Å². The van der Waals surface area contributed by atoms with Gasteiger partial charge in [-0.05, 0) is 25.8 Å². The van der Waals surface area contributed by atoms with Crippen molar-refractivity contribution in [3.63, 3.8) is 0 Å². The van der Waals surface area contributed by atoms with Crippen LogP contribution >= 0.6 is 11.6 Å². The third-order valence-corrected chi connectivity index (χ3v) is 3.17. The van der Waals surface area contributed by atoms with E-state index in [1.54, 1.807) is 0 Å². The molecule has 1 unspecified atom stereocenters. The maximum absolute atomic E-state index is 11.4. The topological polar surface area (TPSA) is 40.5 Å². The normalized spacial score (nSPS) is 26.8. The number of nitrogens with zero attached hydrogens (tertiary/aromatic N) is 1. The first-order valence-corrected chi connectivity index (χ1v) is 5.72. The lowest BCUT2D eigenvalue weighted by atomic mass is 9.90. The fraction of sp³-hybridized carbons (Fsp3) is 0.727. The molecule has 1 rings (SSSR count). The molecule has 15 heavy (non-hydrogen) atoms. The third kappa shape index (κ3) is 2.52. The number of carbonyl (C=O) groups is 1.